The van der Waals surface area contributed by atoms with Gasteiger partial charge in [-0.2, -0.15) is 0 Å². The summed E-state index contributed by atoms with van der Waals surface area (Å²) in [6.45, 7) is 3.80. The number of nitrogens with one attached hydrogen (secondary N) is 1. The second kappa shape index (κ2) is 9.77. The Labute approximate surface area is 200 Å². The number of para-hydroxylation sites is 2. The van der Waals surface area contributed by atoms with Gasteiger partial charge in [0.2, 0.25) is 0 Å². The second-order valence-corrected chi connectivity index (χ2v) is 9.98. The van der Waals surface area contributed by atoms with Crippen LogP contribution in [0.3, 0.4) is 0 Å². The molecule has 1 heterocycles. The van der Waals surface area contributed by atoms with E-state index in [-0.39, 0.29) is 23.4 Å². The molecule has 0 saturated heterocycles. The van der Waals surface area contributed by atoms with Gasteiger partial charge in [-0.05, 0) is 54.8 Å². The summed E-state index contributed by atoms with van der Waals surface area (Å²) in [5.74, 6) is 0.753. The zero-order chi connectivity index (χ0) is 24.3. The topological polar surface area (TPSA) is 84.9 Å². The predicted molar refractivity (Wildman–Crippen MR) is 131 cm³/mol. The number of aryl methyl sites for hydroxylation is 1. The van der Waals surface area contributed by atoms with E-state index in [0.29, 0.717) is 17.9 Å². The monoisotopic (exact) mass is 480 g/mol. The summed E-state index contributed by atoms with van der Waals surface area (Å²) in [5, 5.41) is 3.03. The normalized spacial score (nSPS) is 16.2. The highest BCUT2D eigenvalue weighted by Gasteiger charge is 2.37. The fourth-order valence-electron chi connectivity index (χ4n) is 4.09. The van der Waals surface area contributed by atoms with Crippen molar-refractivity contribution in [1.82, 2.24) is 5.32 Å². The van der Waals surface area contributed by atoms with Gasteiger partial charge in [-0.1, -0.05) is 49.4 Å². The minimum atomic E-state index is -3.88. The van der Waals surface area contributed by atoms with Crippen molar-refractivity contribution in [3.8, 4) is 11.5 Å². The lowest BCUT2D eigenvalue weighted by molar-refractivity contribution is -0.128. The van der Waals surface area contributed by atoms with Crippen molar-refractivity contribution in [2.45, 2.75) is 37.3 Å². The molecule has 0 radical (unpaired) electrons. The zero-order valence-electron chi connectivity index (χ0n) is 19.4. The number of rotatable bonds is 7. The minimum absolute atomic E-state index is 0.127. The Morgan fingerprint density at radius 3 is 2.50 bits per heavy atom. The predicted octanol–water partition coefficient (Wildman–Crippen LogP) is 4.23. The van der Waals surface area contributed by atoms with E-state index in [1.165, 1.54) is 4.31 Å². The molecule has 178 valence electrons. The molecular weight excluding hydrogens is 452 g/mol. The molecule has 34 heavy (non-hydrogen) atoms. The van der Waals surface area contributed by atoms with Crippen LogP contribution in [0.15, 0.2) is 77.7 Å². The molecule has 8 heteroatoms. The average Bonchev–Trinajstić information content (AvgIpc) is 2.86. The standard InChI is InChI=1S/C26H28N2O5S/c1-4-21(19-14-15-23(32-3)18(2)16-19)27-26(29)25-17-28(22-12-8-9-13-24(22)33-25)34(30,31)20-10-6-5-7-11-20/h5-16,21,25H,4,17H2,1-3H3,(H,27,29)/t21-,25-/m0/s1. The van der Waals surface area contributed by atoms with Crippen molar-refractivity contribution in [3.05, 3.63) is 83.9 Å². The lowest BCUT2D eigenvalue weighted by Gasteiger charge is -2.35. The molecule has 1 aliphatic rings. The average molecular weight is 481 g/mol. The van der Waals surface area contributed by atoms with E-state index in [9.17, 15) is 13.2 Å². The van der Waals surface area contributed by atoms with Gasteiger partial charge in [0.05, 0.1) is 30.3 Å². The summed E-state index contributed by atoms with van der Waals surface area (Å²) in [5.41, 5.74) is 2.32. The van der Waals surface area contributed by atoms with E-state index < -0.39 is 16.1 Å². The number of methoxy groups -OCH3 is 1. The van der Waals surface area contributed by atoms with Crippen LogP contribution in [0.4, 0.5) is 5.69 Å². The fourth-order valence-corrected chi connectivity index (χ4v) is 5.59. The quantitative estimate of drug-likeness (QED) is 0.547. The number of ether oxygens (including phenoxy) is 2. The Hall–Kier alpha value is -3.52. The van der Waals surface area contributed by atoms with E-state index in [1.54, 1.807) is 61.7 Å². The highest BCUT2D eigenvalue weighted by atomic mass is 32.2. The second-order valence-electron chi connectivity index (χ2n) is 8.12. The molecule has 3 aromatic carbocycles. The highest BCUT2D eigenvalue weighted by Crippen LogP contribution is 2.37. The number of benzene rings is 3. The summed E-state index contributed by atoms with van der Waals surface area (Å²) >= 11 is 0. The SMILES string of the molecule is CC[C@H](NC(=O)[C@@H]1CN(S(=O)(=O)c2ccccc2)c2ccccc2O1)c1ccc(OC)c(C)c1. The lowest BCUT2D eigenvalue weighted by Crippen LogP contribution is -2.51. The number of fused-ring (bicyclic) bond motifs is 1. The van der Waals surface area contributed by atoms with Gasteiger partial charge in [-0.15, -0.1) is 0 Å². The lowest BCUT2D eigenvalue weighted by atomic mass is 10.0. The maximum Gasteiger partial charge on any atom is 0.264 e. The molecule has 7 nitrogen and oxygen atoms in total. The van der Waals surface area contributed by atoms with Gasteiger partial charge in [0, 0.05) is 0 Å². The van der Waals surface area contributed by atoms with Crippen molar-refractivity contribution < 1.29 is 22.7 Å². The molecule has 1 N–H and O–H groups in total. The summed E-state index contributed by atoms with van der Waals surface area (Å²) in [7, 11) is -2.26. The van der Waals surface area contributed by atoms with Crippen LogP contribution < -0.4 is 19.1 Å². The Balaban J connectivity index is 1.61. The van der Waals surface area contributed by atoms with E-state index >= 15 is 0 Å². The molecule has 2 atom stereocenters. The number of carbonyl (C=O) groups is 1. The summed E-state index contributed by atoms with van der Waals surface area (Å²) in [6, 6.07) is 20.6. The Kier molecular flexibility index (Phi) is 6.79. The smallest absolute Gasteiger partial charge is 0.264 e. The molecule has 4 rings (SSSR count). The van der Waals surface area contributed by atoms with Crippen molar-refractivity contribution in [2.24, 2.45) is 0 Å². The molecule has 1 aliphatic heterocycles. The van der Waals surface area contributed by atoms with Gasteiger partial charge in [0.25, 0.3) is 15.9 Å². The summed E-state index contributed by atoms with van der Waals surface area (Å²) in [4.78, 5) is 13.4. The largest absolute Gasteiger partial charge is 0.496 e. The third-order valence-corrected chi connectivity index (χ3v) is 7.70. The number of nitrogens with zero attached hydrogens (tertiary/aromatic N) is 1. The van der Waals surface area contributed by atoms with Crippen LogP contribution in [-0.2, 0) is 14.8 Å². The molecule has 0 fully saturated rings. The molecule has 3 aromatic rings. The molecule has 0 bridgehead atoms. The fraction of sp³-hybridized carbons (Fsp3) is 0.269. The van der Waals surface area contributed by atoms with Crippen molar-refractivity contribution >= 4 is 21.6 Å². The van der Waals surface area contributed by atoms with Crippen LogP contribution in [-0.4, -0.2) is 34.1 Å². The van der Waals surface area contributed by atoms with Gasteiger partial charge in [0.1, 0.15) is 11.5 Å². The first-order chi connectivity index (χ1) is 16.3. The van der Waals surface area contributed by atoms with E-state index in [4.69, 9.17) is 9.47 Å². The van der Waals surface area contributed by atoms with Crippen LogP contribution in [0, 0.1) is 6.92 Å². The number of sulfonamides is 1. The summed E-state index contributed by atoms with van der Waals surface area (Å²) in [6.07, 6.45) is -0.339. The van der Waals surface area contributed by atoms with Gasteiger partial charge in [0.15, 0.2) is 6.10 Å². The van der Waals surface area contributed by atoms with Gasteiger partial charge in [-0.3, -0.25) is 9.10 Å². The van der Waals surface area contributed by atoms with Crippen molar-refractivity contribution in [2.75, 3.05) is 18.0 Å². The maximum absolute atomic E-state index is 13.4. The third kappa shape index (κ3) is 4.59. The Morgan fingerprint density at radius 1 is 1.12 bits per heavy atom. The first-order valence-electron chi connectivity index (χ1n) is 11.1. The van der Waals surface area contributed by atoms with Crippen molar-refractivity contribution in [1.29, 1.82) is 0 Å². The number of hydrogen-bond donors (Lipinski definition) is 1. The molecule has 0 aromatic heterocycles. The van der Waals surface area contributed by atoms with Crippen LogP contribution in [0.5, 0.6) is 11.5 Å². The molecule has 1 amide bonds. The van der Waals surface area contributed by atoms with Gasteiger partial charge < -0.3 is 14.8 Å². The number of hydrogen-bond acceptors (Lipinski definition) is 5. The highest BCUT2D eigenvalue weighted by molar-refractivity contribution is 7.92. The molecular formula is C26H28N2O5S. The molecule has 0 saturated carbocycles. The van der Waals surface area contributed by atoms with Crippen molar-refractivity contribution in [3.63, 3.8) is 0 Å². The van der Waals surface area contributed by atoms with Crippen LogP contribution in [0.25, 0.3) is 0 Å². The Morgan fingerprint density at radius 2 is 1.82 bits per heavy atom. The van der Waals surface area contributed by atoms with Gasteiger partial charge in [-0.25, -0.2) is 8.42 Å². The van der Waals surface area contributed by atoms with E-state index in [2.05, 4.69) is 5.32 Å². The number of anilines is 1. The first-order valence-corrected chi connectivity index (χ1v) is 12.6. The van der Waals surface area contributed by atoms with Crippen LogP contribution in [0.1, 0.15) is 30.5 Å². The maximum atomic E-state index is 13.4. The van der Waals surface area contributed by atoms with E-state index in [0.717, 1.165) is 16.9 Å². The zero-order valence-corrected chi connectivity index (χ0v) is 20.2. The molecule has 0 spiro atoms. The number of carbonyl (C=O) groups excluding carboxylic acids is 1. The minimum Gasteiger partial charge on any atom is -0.496 e. The van der Waals surface area contributed by atoms with Gasteiger partial charge >= 0.3 is 0 Å². The van der Waals surface area contributed by atoms with E-state index in [1.807, 2.05) is 32.0 Å². The van der Waals surface area contributed by atoms with Crippen LogP contribution in [0.2, 0.25) is 0 Å². The third-order valence-electron chi connectivity index (χ3n) is 5.90. The summed E-state index contributed by atoms with van der Waals surface area (Å²) < 4.78 is 39.4. The molecule has 0 unspecified atom stereocenters. The number of amides is 1. The first kappa shape index (κ1) is 23.6. The van der Waals surface area contributed by atoms with Crippen LogP contribution >= 0.6 is 0 Å². The Bertz CT molecular complexity index is 1280. The molecule has 0 aliphatic carbocycles.